The molecule has 0 aliphatic carbocycles. The first-order valence-corrected chi connectivity index (χ1v) is 8.02. The number of rotatable bonds is 7. The normalized spacial score (nSPS) is 12.2. The molecule has 2 heterocycles. The van der Waals surface area contributed by atoms with Crippen molar-refractivity contribution in [3.63, 3.8) is 0 Å². The van der Waals surface area contributed by atoms with Crippen molar-refractivity contribution in [1.82, 2.24) is 14.5 Å². The van der Waals surface area contributed by atoms with Gasteiger partial charge in [0.25, 0.3) is 5.56 Å². The predicted octanol–water partition coefficient (Wildman–Crippen LogP) is 2.08. The molecule has 124 valence electrons. The van der Waals surface area contributed by atoms with Crippen LogP contribution in [-0.2, 0) is 7.05 Å². The highest BCUT2D eigenvalue weighted by Crippen LogP contribution is 2.19. The van der Waals surface area contributed by atoms with Gasteiger partial charge in [-0.1, -0.05) is 19.8 Å². The van der Waals surface area contributed by atoms with Crippen LogP contribution in [0.4, 0.5) is 5.95 Å². The SMILES string of the molecule is CCCCC(N)CNc1nc(-c2ccncc2)c(C)c(=O)n1C. The zero-order valence-corrected chi connectivity index (χ0v) is 14.0. The number of nitrogens with two attached hydrogens (primary N) is 1. The van der Waals surface area contributed by atoms with Crippen LogP contribution in [0.1, 0.15) is 31.7 Å². The molecule has 6 heteroatoms. The Morgan fingerprint density at radius 2 is 2.04 bits per heavy atom. The van der Waals surface area contributed by atoms with E-state index in [2.05, 4.69) is 22.2 Å². The van der Waals surface area contributed by atoms with E-state index < -0.39 is 0 Å². The Labute approximate surface area is 136 Å². The van der Waals surface area contributed by atoms with E-state index >= 15 is 0 Å². The zero-order valence-electron chi connectivity index (χ0n) is 14.0. The van der Waals surface area contributed by atoms with Crippen molar-refractivity contribution < 1.29 is 0 Å². The van der Waals surface area contributed by atoms with E-state index in [9.17, 15) is 4.79 Å². The van der Waals surface area contributed by atoms with E-state index in [1.54, 1.807) is 26.4 Å². The Morgan fingerprint density at radius 1 is 1.35 bits per heavy atom. The number of hydrogen-bond acceptors (Lipinski definition) is 5. The lowest BCUT2D eigenvalue weighted by Crippen LogP contribution is -2.32. The Balaban J connectivity index is 2.27. The summed E-state index contributed by atoms with van der Waals surface area (Å²) in [7, 11) is 1.72. The summed E-state index contributed by atoms with van der Waals surface area (Å²) in [5.41, 5.74) is 8.22. The first kappa shape index (κ1) is 17.1. The maximum absolute atomic E-state index is 12.4. The van der Waals surface area contributed by atoms with Gasteiger partial charge in [-0.15, -0.1) is 0 Å². The zero-order chi connectivity index (χ0) is 16.8. The minimum absolute atomic E-state index is 0.0533. The van der Waals surface area contributed by atoms with E-state index in [0.29, 0.717) is 23.8 Å². The third-order valence-corrected chi connectivity index (χ3v) is 3.92. The monoisotopic (exact) mass is 315 g/mol. The fourth-order valence-electron chi connectivity index (χ4n) is 2.45. The molecule has 0 spiro atoms. The number of nitrogens with zero attached hydrogens (tertiary/aromatic N) is 3. The number of nitrogens with one attached hydrogen (secondary N) is 1. The van der Waals surface area contributed by atoms with Gasteiger partial charge in [0.05, 0.1) is 5.69 Å². The van der Waals surface area contributed by atoms with Gasteiger partial charge in [0.2, 0.25) is 5.95 Å². The van der Waals surface area contributed by atoms with Gasteiger partial charge in [0.15, 0.2) is 0 Å². The van der Waals surface area contributed by atoms with E-state index in [1.807, 2.05) is 12.1 Å². The molecule has 23 heavy (non-hydrogen) atoms. The van der Waals surface area contributed by atoms with Crippen LogP contribution >= 0.6 is 0 Å². The first-order chi connectivity index (χ1) is 11.0. The molecule has 0 aliphatic heterocycles. The standard InChI is InChI=1S/C17H25N5O/c1-4-5-6-14(18)11-20-17-21-15(12(2)16(23)22(17)3)13-7-9-19-10-8-13/h7-10,14H,4-6,11,18H2,1-3H3,(H,20,21). The van der Waals surface area contributed by atoms with E-state index in [1.165, 1.54) is 4.57 Å². The molecule has 0 aliphatic rings. The van der Waals surface area contributed by atoms with Gasteiger partial charge in [0.1, 0.15) is 0 Å². The summed E-state index contributed by atoms with van der Waals surface area (Å²) in [5.74, 6) is 0.541. The molecule has 2 aromatic rings. The number of pyridine rings is 1. The summed E-state index contributed by atoms with van der Waals surface area (Å²) in [5, 5.41) is 3.21. The highest BCUT2D eigenvalue weighted by Gasteiger charge is 2.13. The molecule has 0 radical (unpaired) electrons. The molecule has 2 rings (SSSR count). The first-order valence-electron chi connectivity index (χ1n) is 8.02. The Kier molecular flexibility index (Phi) is 5.87. The molecule has 3 N–H and O–H groups in total. The van der Waals surface area contributed by atoms with Gasteiger partial charge in [-0.3, -0.25) is 14.3 Å². The van der Waals surface area contributed by atoms with E-state index in [4.69, 9.17) is 5.73 Å². The molecular weight excluding hydrogens is 290 g/mol. The summed E-state index contributed by atoms with van der Waals surface area (Å²) in [6.45, 7) is 4.54. The smallest absolute Gasteiger partial charge is 0.258 e. The van der Waals surface area contributed by atoms with Crippen LogP contribution in [0, 0.1) is 6.92 Å². The lowest BCUT2D eigenvalue weighted by atomic mass is 10.1. The quantitative estimate of drug-likeness (QED) is 0.817. The van der Waals surface area contributed by atoms with Crippen molar-refractivity contribution in [1.29, 1.82) is 0 Å². The van der Waals surface area contributed by atoms with Crippen LogP contribution in [0.2, 0.25) is 0 Å². The van der Waals surface area contributed by atoms with Gasteiger partial charge in [0, 0.05) is 43.2 Å². The van der Waals surface area contributed by atoms with Crippen LogP contribution in [0.25, 0.3) is 11.3 Å². The van der Waals surface area contributed by atoms with E-state index in [0.717, 1.165) is 24.8 Å². The molecule has 2 aromatic heterocycles. The molecule has 0 saturated carbocycles. The largest absolute Gasteiger partial charge is 0.354 e. The molecule has 0 fully saturated rings. The molecule has 0 bridgehead atoms. The molecular formula is C17H25N5O. The van der Waals surface area contributed by atoms with Crippen molar-refractivity contribution >= 4 is 5.95 Å². The predicted molar refractivity (Wildman–Crippen MR) is 93.4 cm³/mol. The van der Waals surface area contributed by atoms with Gasteiger partial charge in [-0.2, -0.15) is 0 Å². The van der Waals surface area contributed by atoms with Crippen molar-refractivity contribution in [2.45, 2.75) is 39.2 Å². The van der Waals surface area contributed by atoms with Crippen molar-refractivity contribution in [3.05, 3.63) is 40.4 Å². The maximum atomic E-state index is 12.4. The Bertz CT molecular complexity index is 696. The van der Waals surface area contributed by atoms with Crippen molar-refractivity contribution in [2.75, 3.05) is 11.9 Å². The third-order valence-electron chi connectivity index (χ3n) is 3.92. The number of anilines is 1. The summed E-state index contributed by atoms with van der Waals surface area (Å²) < 4.78 is 1.53. The number of hydrogen-bond donors (Lipinski definition) is 2. The second-order valence-corrected chi connectivity index (χ2v) is 5.79. The molecule has 1 atom stereocenters. The summed E-state index contributed by atoms with van der Waals surface area (Å²) in [6, 6.07) is 3.76. The minimum atomic E-state index is -0.0589. The number of aromatic nitrogens is 3. The van der Waals surface area contributed by atoms with Gasteiger partial charge in [-0.25, -0.2) is 4.98 Å². The third kappa shape index (κ3) is 4.16. The average molecular weight is 315 g/mol. The highest BCUT2D eigenvalue weighted by molar-refractivity contribution is 5.63. The fraction of sp³-hybridized carbons (Fsp3) is 0.471. The lowest BCUT2D eigenvalue weighted by molar-refractivity contribution is 0.592. The summed E-state index contributed by atoms with van der Waals surface area (Å²) in [4.78, 5) is 21.1. The Morgan fingerprint density at radius 3 is 2.70 bits per heavy atom. The van der Waals surface area contributed by atoms with Crippen molar-refractivity contribution in [3.8, 4) is 11.3 Å². The second-order valence-electron chi connectivity index (χ2n) is 5.79. The topological polar surface area (TPSA) is 85.8 Å². The lowest BCUT2D eigenvalue weighted by Gasteiger charge is -2.16. The summed E-state index contributed by atoms with van der Waals surface area (Å²) >= 11 is 0. The fourth-order valence-corrected chi connectivity index (χ4v) is 2.45. The Hall–Kier alpha value is -2.21. The van der Waals surface area contributed by atoms with Crippen LogP contribution < -0.4 is 16.6 Å². The van der Waals surface area contributed by atoms with Gasteiger partial charge < -0.3 is 11.1 Å². The maximum Gasteiger partial charge on any atom is 0.258 e. The molecule has 6 nitrogen and oxygen atoms in total. The van der Waals surface area contributed by atoms with E-state index in [-0.39, 0.29) is 11.6 Å². The van der Waals surface area contributed by atoms with Gasteiger partial charge >= 0.3 is 0 Å². The molecule has 0 aromatic carbocycles. The second kappa shape index (κ2) is 7.87. The average Bonchev–Trinajstić information content (AvgIpc) is 2.58. The number of unbranched alkanes of at least 4 members (excludes halogenated alkanes) is 1. The van der Waals surface area contributed by atoms with Crippen LogP contribution in [0.3, 0.4) is 0 Å². The van der Waals surface area contributed by atoms with Crippen LogP contribution in [-0.4, -0.2) is 27.1 Å². The molecule has 0 amide bonds. The molecule has 1 unspecified atom stereocenters. The molecule has 0 saturated heterocycles. The van der Waals surface area contributed by atoms with Crippen LogP contribution in [0.15, 0.2) is 29.3 Å². The van der Waals surface area contributed by atoms with Crippen LogP contribution in [0.5, 0.6) is 0 Å². The minimum Gasteiger partial charge on any atom is -0.354 e. The summed E-state index contributed by atoms with van der Waals surface area (Å²) in [6.07, 6.45) is 6.58. The van der Waals surface area contributed by atoms with Gasteiger partial charge in [-0.05, 0) is 25.5 Å². The highest BCUT2D eigenvalue weighted by atomic mass is 16.1. The van der Waals surface area contributed by atoms with Crippen molar-refractivity contribution in [2.24, 2.45) is 12.8 Å².